The van der Waals surface area contributed by atoms with Gasteiger partial charge in [0, 0.05) is 37.5 Å². The van der Waals surface area contributed by atoms with E-state index in [1.807, 2.05) is 17.4 Å². The van der Waals surface area contributed by atoms with Crippen molar-refractivity contribution in [2.24, 2.45) is 5.92 Å². The molecular weight excluding hydrogens is 528 g/mol. The molecule has 0 radical (unpaired) electrons. The molecule has 2 aliphatic rings. The molecule has 1 fully saturated rings. The lowest BCUT2D eigenvalue weighted by Crippen LogP contribution is -2.49. The number of hydrogen-bond donors (Lipinski definition) is 0. The lowest BCUT2D eigenvalue weighted by atomic mass is 9.89. The van der Waals surface area contributed by atoms with Crippen molar-refractivity contribution in [1.82, 2.24) is 14.3 Å². The van der Waals surface area contributed by atoms with E-state index in [9.17, 15) is 8.42 Å². The van der Waals surface area contributed by atoms with Gasteiger partial charge in [-0.25, -0.2) is 18.4 Å². The van der Waals surface area contributed by atoms with Gasteiger partial charge < -0.3 is 9.64 Å². The van der Waals surface area contributed by atoms with E-state index in [2.05, 4.69) is 36.1 Å². The summed E-state index contributed by atoms with van der Waals surface area (Å²) in [5.74, 6) is 3.17. The number of ether oxygens (including phenoxy) is 1. The molecule has 0 N–H and O–H groups in total. The molecule has 204 valence electrons. The number of hydrogen-bond acceptors (Lipinski definition) is 7. The average molecular weight is 563 g/mol. The highest BCUT2D eigenvalue weighted by Crippen LogP contribution is 2.41. The molecule has 1 atom stereocenters. The van der Waals surface area contributed by atoms with Crippen LogP contribution in [0.15, 0.2) is 59.5 Å². The Morgan fingerprint density at radius 2 is 1.72 bits per heavy atom. The zero-order valence-corrected chi connectivity index (χ0v) is 24.1. The molecule has 39 heavy (non-hydrogen) atoms. The normalized spacial score (nSPS) is 18.3. The van der Waals surface area contributed by atoms with Crippen molar-refractivity contribution in [2.75, 3.05) is 38.2 Å². The lowest BCUT2D eigenvalue weighted by molar-refractivity contribution is 0.383. The van der Waals surface area contributed by atoms with E-state index in [-0.39, 0.29) is 0 Å². The van der Waals surface area contributed by atoms with Crippen LogP contribution in [0.3, 0.4) is 0 Å². The Bertz CT molecular complexity index is 1560. The maximum absolute atomic E-state index is 13.3. The highest BCUT2D eigenvalue weighted by atomic mass is 32.2. The molecule has 3 heterocycles. The smallest absolute Gasteiger partial charge is 0.243 e. The summed E-state index contributed by atoms with van der Waals surface area (Å²) in [6.45, 7) is 4.36. The first kappa shape index (κ1) is 26.2. The van der Waals surface area contributed by atoms with Crippen molar-refractivity contribution in [3.63, 3.8) is 0 Å². The van der Waals surface area contributed by atoms with Gasteiger partial charge in [0.15, 0.2) is 0 Å². The number of nitrogens with zero attached hydrogens (tertiary/aromatic N) is 4. The van der Waals surface area contributed by atoms with E-state index in [4.69, 9.17) is 14.7 Å². The molecule has 6 rings (SSSR count). The largest absolute Gasteiger partial charge is 0.497 e. The van der Waals surface area contributed by atoms with Crippen LogP contribution in [-0.4, -0.2) is 56.0 Å². The van der Waals surface area contributed by atoms with Crippen LogP contribution in [0.5, 0.6) is 5.75 Å². The summed E-state index contributed by atoms with van der Waals surface area (Å²) < 4.78 is 33.5. The number of benzene rings is 2. The number of methoxy groups -OCH3 is 1. The fraction of sp³-hybridized carbons (Fsp3) is 0.400. The van der Waals surface area contributed by atoms with Crippen LogP contribution in [0.1, 0.15) is 35.2 Å². The molecule has 4 aromatic rings. The summed E-state index contributed by atoms with van der Waals surface area (Å²) in [5.41, 5.74) is 2.69. The van der Waals surface area contributed by atoms with Crippen molar-refractivity contribution in [3.8, 4) is 5.75 Å². The van der Waals surface area contributed by atoms with E-state index in [0.29, 0.717) is 42.7 Å². The van der Waals surface area contributed by atoms with E-state index >= 15 is 0 Å². The van der Waals surface area contributed by atoms with Gasteiger partial charge in [-0.2, -0.15) is 4.31 Å². The molecule has 1 unspecified atom stereocenters. The van der Waals surface area contributed by atoms with Gasteiger partial charge in [0.25, 0.3) is 0 Å². The standard InChI is InChI=1S/C30H34N4O3S2/c1-21-8-14-25-26(20-21)38-30-28(25)29(31-27(32-30)15-9-22-6-4-3-5-7-22)33-16-18-34(19-17-33)39(35,36)24-12-10-23(37-2)11-13-24/h3-7,10-13,21H,8-9,14-20H2,1-2H3. The monoisotopic (exact) mass is 562 g/mol. The second-order valence-corrected chi connectivity index (χ2v) is 13.6. The van der Waals surface area contributed by atoms with Crippen molar-refractivity contribution >= 4 is 37.4 Å². The molecule has 1 aliphatic carbocycles. The van der Waals surface area contributed by atoms with Crippen LogP contribution in [0, 0.1) is 5.92 Å². The number of sulfonamides is 1. The molecule has 0 saturated carbocycles. The predicted molar refractivity (Wildman–Crippen MR) is 156 cm³/mol. The fourth-order valence-electron chi connectivity index (χ4n) is 5.64. The van der Waals surface area contributed by atoms with Crippen molar-refractivity contribution < 1.29 is 13.2 Å². The second-order valence-electron chi connectivity index (χ2n) is 10.5. The Balaban J connectivity index is 1.28. The first-order valence-electron chi connectivity index (χ1n) is 13.7. The number of aryl methyl sites for hydroxylation is 3. The maximum Gasteiger partial charge on any atom is 0.243 e. The molecule has 9 heteroatoms. The minimum absolute atomic E-state index is 0.297. The Morgan fingerprint density at radius 1 is 0.974 bits per heavy atom. The number of thiophene rings is 1. The third kappa shape index (κ3) is 5.27. The minimum Gasteiger partial charge on any atom is -0.497 e. The summed E-state index contributed by atoms with van der Waals surface area (Å²) in [5, 5.41) is 1.19. The zero-order chi connectivity index (χ0) is 27.0. The molecule has 0 spiro atoms. The highest BCUT2D eigenvalue weighted by molar-refractivity contribution is 7.89. The number of piperazine rings is 1. The molecule has 1 aliphatic heterocycles. The molecule has 1 saturated heterocycles. The van der Waals surface area contributed by atoms with Crippen LogP contribution in [-0.2, 0) is 35.7 Å². The molecule has 2 aromatic heterocycles. The SMILES string of the molecule is COc1ccc(S(=O)(=O)N2CCN(c3nc(CCc4ccccc4)nc4sc5c(c34)CCC(C)C5)CC2)cc1. The molecule has 0 amide bonds. The van der Waals surface area contributed by atoms with Crippen LogP contribution < -0.4 is 9.64 Å². The van der Waals surface area contributed by atoms with Gasteiger partial charge in [-0.15, -0.1) is 11.3 Å². The average Bonchev–Trinajstić information content (AvgIpc) is 3.33. The second kappa shape index (κ2) is 10.9. The van der Waals surface area contributed by atoms with E-state index in [1.165, 1.54) is 27.8 Å². The fourth-order valence-corrected chi connectivity index (χ4v) is 8.46. The van der Waals surface area contributed by atoms with E-state index in [0.717, 1.165) is 42.2 Å². The Kier molecular flexibility index (Phi) is 7.31. The van der Waals surface area contributed by atoms with Gasteiger partial charge in [-0.3, -0.25) is 0 Å². The van der Waals surface area contributed by atoms with Crippen LogP contribution >= 0.6 is 11.3 Å². The van der Waals surface area contributed by atoms with E-state index in [1.54, 1.807) is 35.7 Å². The van der Waals surface area contributed by atoms with Gasteiger partial charge in [-0.1, -0.05) is 37.3 Å². The van der Waals surface area contributed by atoms with Gasteiger partial charge in [-0.05, 0) is 67.0 Å². The highest BCUT2D eigenvalue weighted by Gasteiger charge is 2.31. The third-order valence-electron chi connectivity index (χ3n) is 7.90. The van der Waals surface area contributed by atoms with Crippen LogP contribution in [0.25, 0.3) is 10.2 Å². The maximum atomic E-state index is 13.3. The Hall–Kier alpha value is -3.01. The Labute approximate surface area is 234 Å². The number of fused-ring (bicyclic) bond motifs is 3. The quantitative estimate of drug-likeness (QED) is 0.311. The molecule has 0 bridgehead atoms. The summed E-state index contributed by atoms with van der Waals surface area (Å²) >= 11 is 1.83. The summed E-state index contributed by atoms with van der Waals surface area (Å²) in [6.07, 6.45) is 5.01. The van der Waals surface area contributed by atoms with Gasteiger partial charge in [0.1, 0.15) is 22.2 Å². The topological polar surface area (TPSA) is 75.6 Å². The predicted octanol–water partition coefficient (Wildman–Crippen LogP) is 5.12. The number of aromatic nitrogens is 2. The van der Waals surface area contributed by atoms with Crippen LogP contribution in [0.2, 0.25) is 0 Å². The Morgan fingerprint density at radius 3 is 2.44 bits per heavy atom. The van der Waals surface area contributed by atoms with Crippen LogP contribution in [0.4, 0.5) is 5.82 Å². The summed E-state index contributed by atoms with van der Waals surface area (Å²) in [6, 6.07) is 17.1. The van der Waals surface area contributed by atoms with Gasteiger partial charge >= 0.3 is 0 Å². The van der Waals surface area contributed by atoms with Gasteiger partial charge in [0.2, 0.25) is 10.0 Å². The lowest BCUT2D eigenvalue weighted by Gasteiger charge is -2.35. The summed E-state index contributed by atoms with van der Waals surface area (Å²) in [4.78, 5) is 15.3. The first-order chi connectivity index (χ1) is 18.9. The van der Waals surface area contributed by atoms with Crippen molar-refractivity contribution in [1.29, 1.82) is 0 Å². The van der Waals surface area contributed by atoms with Crippen molar-refractivity contribution in [2.45, 2.75) is 43.9 Å². The summed E-state index contributed by atoms with van der Waals surface area (Å²) in [7, 11) is -2.00. The van der Waals surface area contributed by atoms with Crippen molar-refractivity contribution in [3.05, 3.63) is 76.4 Å². The number of rotatable bonds is 7. The van der Waals surface area contributed by atoms with E-state index < -0.39 is 10.0 Å². The van der Waals surface area contributed by atoms with Gasteiger partial charge in [0.05, 0.1) is 17.4 Å². The molecular formula is C30H34N4O3S2. The molecule has 7 nitrogen and oxygen atoms in total. The first-order valence-corrected chi connectivity index (χ1v) is 15.9. The third-order valence-corrected chi connectivity index (χ3v) is 11.0. The zero-order valence-electron chi connectivity index (χ0n) is 22.5. The molecule has 2 aromatic carbocycles. The minimum atomic E-state index is -3.57. The number of anilines is 1.